The number of methoxy groups -OCH3 is 1. The molecule has 176 valence electrons. The first-order valence-electron chi connectivity index (χ1n) is 10.2. The highest BCUT2D eigenvalue weighted by molar-refractivity contribution is 7.45. The van der Waals surface area contributed by atoms with Gasteiger partial charge >= 0.3 is 20.2 Å². The highest BCUT2D eigenvalue weighted by atomic mass is 31.2. The quantitative estimate of drug-likeness (QED) is 0.340. The van der Waals surface area contributed by atoms with Crippen molar-refractivity contribution in [3.63, 3.8) is 0 Å². The molecule has 0 aliphatic rings. The zero-order chi connectivity index (χ0) is 23.5. The first-order chi connectivity index (χ1) is 15.3. The van der Waals surface area contributed by atoms with Crippen LogP contribution in [0.4, 0.5) is 0 Å². The average molecular weight is 467 g/mol. The molecule has 11 heteroatoms. The van der Waals surface area contributed by atoms with Gasteiger partial charge in [0.25, 0.3) is 5.56 Å². The predicted molar refractivity (Wildman–Crippen MR) is 121 cm³/mol. The van der Waals surface area contributed by atoms with E-state index >= 15 is 0 Å². The minimum absolute atomic E-state index is 0.159. The Morgan fingerprint density at radius 1 is 1.16 bits per heavy atom. The van der Waals surface area contributed by atoms with E-state index in [0.29, 0.717) is 18.7 Å². The molecular formula is C21H30N3O7P. The van der Waals surface area contributed by atoms with E-state index in [4.69, 9.17) is 18.5 Å². The van der Waals surface area contributed by atoms with Gasteiger partial charge in [-0.1, -0.05) is 18.2 Å². The number of hydrogen-bond acceptors (Lipinski definition) is 8. The highest BCUT2D eigenvalue weighted by Gasteiger charge is 2.24. The maximum atomic E-state index is 12.2. The lowest BCUT2D eigenvalue weighted by molar-refractivity contribution is -0.149. The van der Waals surface area contributed by atoms with Crippen LogP contribution in [0.2, 0.25) is 0 Å². The zero-order valence-corrected chi connectivity index (χ0v) is 19.5. The molecule has 0 bridgehead atoms. The molecule has 2 aromatic rings. The summed E-state index contributed by atoms with van der Waals surface area (Å²) in [5, 5.41) is 3.03. The van der Waals surface area contributed by atoms with Crippen molar-refractivity contribution in [2.45, 2.75) is 52.0 Å². The molecule has 0 radical (unpaired) electrons. The lowest BCUT2D eigenvalue weighted by Gasteiger charge is -2.24. The number of nitrogens with one attached hydrogen (secondary N) is 2. The molecular weight excluding hydrogens is 437 g/mol. The van der Waals surface area contributed by atoms with Crippen LogP contribution in [-0.4, -0.2) is 47.5 Å². The van der Waals surface area contributed by atoms with Crippen LogP contribution in [0.1, 0.15) is 27.2 Å². The van der Waals surface area contributed by atoms with Crippen molar-refractivity contribution in [2.75, 3.05) is 13.7 Å². The molecule has 10 nitrogen and oxygen atoms in total. The largest absolute Gasteiger partial charge is 0.462 e. The van der Waals surface area contributed by atoms with Gasteiger partial charge in [-0.05, 0) is 39.3 Å². The van der Waals surface area contributed by atoms with Gasteiger partial charge in [0.05, 0.1) is 18.8 Å². The summed E-state index contributed by atoms with van der Waals surface area (Å²) in [7, 11) is -0.153. The summed E-state index contributed by atoms with van der Waals surface area (Å²) >= 11 is 0. The molecule has 0 amide bonds. The van der Waals surface area contributed by atoms with Crippen LogP contribution in [0.15, 0.2) is 52.2 Å². The minimum Gasteiger partial charge on any atom is -0.462 e. The SMILES string of the molecule is COC(CCn1ccc(=O)[nH]c1=O)COP(NC(C)C(=O)OC(C)C)Oc1ccccc1. The smallest absolute Gasteiger partial charge is 0.328 e. The summed E-state index contributed by atoms with van der Waals surface area (Å²) in [4.78, 5) is 37.4. The Hall–Kier alpha value is -2.52. The lowest BCUT2D eigenvalue weighted by Crippen LogP contribution is -2.35. The molecule has 3 atom stereocenters. The second-order valence-corrected chi connectivity index (χ2v) is 8.46. The first kappa shape index (κ1) is 25.7. The summed E-state index contributed by atoms with van der Waals surface area (Å²) in [6, 6.07) is 9.74. The predicted octanol–water partition coefficient (Wildman–Crippen LogP) is 2.19. The molecule has 1 aromatic heterocycles. The Labute approximate surface area is 187 Å². The monoisotopic (exact) mass is 467 g/mol. The molecule has 32 heavy (non-hydrogen) atoms. The third-order valence-electron chi connectivity index (χ3n) is 4.24. The molecule has 0 saturated heterocycles. The molecule has 0 spiro atoms. The van der Waals surface area contributed by atoms with Gasteiger partial charge in [0.1, 0.15) is 11.8 Å². The summed E-state index contributed by atoms with van der Waals surface area (Å²) in [5.41, 5.74) is -0.931. The van der Waals surface area contributed by atoms with Crippen LogP contribution in [0.5, 0.6) is 5.75 Å². The Bertz CT molecular complexity index is 948. The maximum Gasteiger partial charge on any atom is 0.328 e. The number of rotatable bonds is 13. The topological polar surface area (TPSA) is 121 Å². The molecule has 2 N–H and O–H groups in total. The van der Waals surface area contributed by atoms with Crippen molar-refractivity contribution in [3.8, 4) is 5.75 Å². The van der Waals surface area contributed by atoms with E-state index in [-0.39, 0.29) is 18.8 Å². The summed E-state index contributed by atoms with van der Waals surface area (Å²) < 4.78 is 23.9. The number of para-hydroxylation sites is 1. The van der Waals surface area contributed by atoms with Crippen LogP contribution < -0.4 is 20.9 Å². The zero-order valence-electron chi connectivity index (χ0n) is 18.6. The highest BCUT2D eigenvalue weighted by Crippen LogP contribution is 2.36. The van der Waals surface area contributed by atoms with Gasteiger partial charge in [0.2, 0.25) is 0 Å². The van der Waals surface area contributed by atoms with Crippen LogP contribution in [0, 0.1) is 0 Å². The van der Waals surface area contributed by atoms with Crippen LogP contribution >= 0.6 is 8.53 Å². The third-order valence-corrected chi connectivity index (χ3v) is 5.59. The van der Waals surface area contributed by atoms with Gasteiger partial charge in [-0.25, -0.2) is 9.88 Å². The van der Waals surface area contributed by atoms with Gasteiger partial charge < -0.3 is 23.1 Å². The van der Waals surface area contributed by atoms with Crippen molar-refractivity contribution < 1.29 is 23.3 Å². The Morgan fingerprint density at radius 2 is 1.88 bits per heavy atom. The number of carbonyl (C=O) groups excluding carboxylic acids is 1. The van der Waals surface area contributed by atoms with Crippen molar-refractivity contribution in [3.05, 3.63) is 63.4 Å². The standard InChI is InChI=1S/C21H30N3O7P/c1-15(2)30-20(26)16(3)23-32(31-17-8-6-5-7-9-17)29-14-18(28-4)10-12-24-13-11-19(25)22-21(24)27/h5-9,11,13,15-16,18,23H,10,12,14H2,1-4H3,(H,22,25,27). The first-order valence-corrected chi connectivity index (χ1v) is 11.4. The molecule has 1 aromatic carbocycles. The Balaban J connectivity index is 1.98. The van der Waals surface area contributed by atoms with Crippen LogP contribution in [0.3, 0.4) is 0 Å². The van der Waals surface area contributed by atoms with Gasteiger partial charge in [-0.3, -0.25) is 14.6 Å². The van der Waals surface area contributed by atoms with Crippen molar-refractivity contribution >= 4 is 14.5 Å². The maximum absolute atomic E-state index is 12.2. The molecule has 0 aliphatic carbocycles. The number of H-pyrrole nitrogens is 1. The Morgan fingerprint density at radius 3 is 2.50 bits per heavy atom. The molecule has 0 fully saturated rings. The second kappa shape index (κ2) is 13.1. The number of ether oxygens (including phenoxy) is 2. The molecule has 2 rings (SSSR count). The normalized spacial score (nSPS) is 14.0. The second-order valence-electron chi connectivity index (χ2n) is 7.24. The van der Waals surface area contributed by atoms with Gasteiger partial charge in [-0.2, -0.15) is 0 Å². The fourth-order valence-electron chi connectivity index (χ4n) is 2.54. The fraction of sp³-hybridized carbons (Fsp3) is 0.476. The van der Waals surface area contributed by atoms with E-state index in [1.807, 2.05) is 18.2 Å². The lowest BCUT2D eigenvalue weighted by atomic mass is 10.2. The van der Waals surface area contributed by atoms with Crippen molar-refractivity contribution in [2.24, 2.45) is 0 Å². The number of aromatic nitrogens is 2. The van der Waals surface area contributed by atoms with E-state index in [1.165, 1.54) is 16.8 Å². The van der Waals surface area contributed by atoms with Gasteiger partial charge in [0.15, 0.2) is 0 Å². The van der Waals surface area contributed by atoms with E-state index in [0.717, 1.165) is 0 Å². The number of esters is 1. The van der Waals surface area contributed by atoms with E-state index in [2.05, 4.69) is 10.1 Å². The Kier molecular flexibility index (Phi) is 10.6. The minimum atomic E-state index is -1.69. The summed E-state index contributed by atoms with van der Waals surface area (Å²) in [6.45, 7) is 5.72. The van der Waals surface area contributed by atoms with Gasteiger partial charge in [-0.15, -0.1) is 0 Å². The van der Waals surface area contributed by atoms with E-state index in [9.17, 15) is 14.4 Å². The molecule has 1 heterocycles. The number of benzene rings is 1. The number of aromatic amines is 1. The third kappa shape index (κ3) is 8.92. The van der Waals surface area contributed by atoms with Gasteiger partial charge in [0, 0.05) is 25.9 Å². The van der Waals surface area contributed by atoms with E-state index in [1.54, 1.807) is 40.0 Å². The fourth-order valence-corrected chi connectivity index (χ4v) is 3.75. The number of nitrogens with zero attached hydrogens (tertiary/aromatic N) is 1. The van der Waals surface area contributed by atoms with Crippen LogP contribution in [0.25, 0.3) is 0 Å². The van der Waals surface area contributed by atoms with E-state index < -0.39 is 31.8 Å². The van der Waals surface area contributed by atoms with Crippen molar-refractivity contribution in [1.82, 2.24) is 14.6 Å². The number of carbonyl (C=O) groups is 1. The van der Waals surface area contributed by atoms with Crippen molar-refractivity contribution in [1.29, 1.82) is 0 Å². The average Bonchev–Trinajstić information content (AvgIpc) is 2.75. The summed E-state index contributed by atoms with van der Waals surface area (Å²) in [6.07, 6.45) is 1.31. The summed E-state index contributed by atoms with van der Waals surface area (Å²) in [5.74, 6) is 0.179. The molecule has 0 aliphatic heterocycles. The number of aryl methyl sites for hydroxylation is 1. The molecule has 3 unspecified atom stereocenters. The van der Waals surface area contributed by atoms with Crippen LogP contribution in [-0.2, 0) is 25.3 Å². The number of hydrogen-bond donors (Lipinski definition) is 2. The molecule has 0 saturated carbocycles.